The Morgan fingerprint density at radius 2 is 2.14 bits per heavy atom. The van der Waals surface area contributed by atoms with E-state index < -0.39 is 0 Å². The fourth-order valence-electron chi connectivity index (χ4n) is 1.57. The van der Waals surface area contributed by atoms with Crippen molar-refractivity contribution in [2.45, 2.75) is 51.6 Å². The van der Waals surface area contributed by atoms with E-state index in [1.165, 1.54) is 32.1 Å². The third-order valence-electron chi connectivity index (χ3n) is 2.44. The molecule has 0 aromatic rings. The van der Waals surface area contributed by atoms with Crippen LogP contribution < -0.4 is 0 Å². The lowest BCUT2D eigenvalue weighted by Crippen LogP contribution is -2.14. The summed E-state index contributed by atoms with van der Waals surface area (Å²) in [5.74, 6) is 0.978. The molecule has 0 saturated carbocycles. The molecular formula is C11H20BrNO. The first-order chi connectivity index (χ1) is 6.86. The highest BCUT2D eigenvalue weighted by Crippen LogP contribution is 2.13. The molecular weight excluding hydrogens is 242 g/mol. The predicted octanol–water partition coefficient (Wildman–Crippen LogP) is 3.54. The Balaban J connectivity index is 1.97. The standard InChI is InChI=1S/C11H20BrNO/c1-2-3-4-5-6-7-11-13-9-10(8-12)14-11/h10H,2-9H2,1H3. The third-order valence-corrected chi connectivity index (χ3v) is 3.16. The van der Waals surface area contributed by atoms with Crippen LogP contribution in [-0.2, 0) is 4.74 Å². The van der Waals surface area contributed by atoms with Gasteiger partial charge >= 0.3 is 0 Å². The molecule has 1 atom stereocenters. The molecule has 82 valence electrons. The van der Waals surface area contributed by atoms with Gasteiger partial charge in [-0.2, -0.15) is 0 Å². The molecule has 0 fully saturated rings. The minimum Gasteiger partial charge on any atom is -0.475 e. The number of ether oxygens (including phenoxy) is 1. The van der Waals surface area contributed by atoms with Gasteiger partial charge < -0.3 is 4.74 Å². The average Bonchev–Trinajstić information content (AvgIpc) is 2.65. The lowest BCUT2D eigenvalue weighted by molar-refractivity contribution is 0.244. The molecule has 0 spiro atoms. The second-order valence-corrected chi connectivity index (χ2v) is 4.44. The SMILES string of the molecule is CCCCCCCC1=NCC(CBr)O1. The van der Waals surface area contributed by atoms with Gasteiger partial charge in [0, 0.05) is 11.8 Å². The van der Waals surface area contributed by atoms with Crippen molar-refractivity contribution in [2.24, 2.45) is 4.99 Å². The van der Waals surface area contributed by atoms with Crippen LogP contribution in [0.4, 0.5) is 0 Å². The van der Waals surface area contributed by atoms with E-state index >= 15 is 0 Å². The molecule has 1 rings (SSSR count). The first-order valence-electron chi connectivity index (χ1n) is 5.62. The number of aliphatic imine (C=N–C) groups is 1. The fourth-order valence-corrected chi connectivity index (χ4v) is 1.91. The molecule has 0 saturated heterocycles. The Bertz CT molecular complexity index is 182. The summed E-state index contributed by atoms with van der Waals surface area (Å²) in [4.78, 5) is 4.37. The minimum absolute atomic E-state index is 0.292. The summed E-state index contributed by atoms with van der Waals surface area (Å²) in [6.07, 6.45) is 7.89. The van der Waals surface area contributed by atoms with E-state index in [0.29, 0.717) is 6.10 Å². The largest absolute Gasteiger partial charge is 0.475 e. The molecule has 1 heterocycles. The van der Waals surface area contributed by atoms with E-state index in [-0.39, 0.29) is 0 Å². The highest BCUT2D eigenvalue weighted by Gasteiger charge is 2.17. The van der Waals surface area contributed by atoms with Crippen molar-refractivity contribution in [1.82, 2.24) is 0 Å². The Hall–Kier alpha value is -0.0500. The molecule has 2 nitrogen and oxygen atoms in total. The highest BCUT2D eigenvalue weighted by atomic mass is 79.9. The molecule has 1 aliphatic heterocycles. The molecule has 0 aliphatic carbocycles. The quantitative estimate of drug-likeness (QED) is 0.508. The lowest BCUT2D eigenvalue weighted by atomic mass is 10.1. The van der Waals surface area contributed by atoms with Crippen LogP contribution in [0.1, 0.15) is 45.4 Å². The van der Waals surface area contributed by atoms with Crippen molar-refractivity contribution < 1.29 is 4.74 Å². The van der Waals surface area contributed by atoms with Crippen LogP contribution in [0.25, 0.3) is 0 Å². The van der Waals surface area contributed by atoms with E-state index in [1.54, 1.807) is 0 Å². The van der Waals surface area contributed by atoms with Gasteiger partial charge in [-0.3, -0.25) is 4.99 Å². The van der Waals surface area contributed by atoms with Crippen molar-refractivity contribution >= 4 is 21.8 Å². The molecule has 0 amide bonds. The van der Waals surface area contributed by atoms with Crippen molar-refractivity contribution in [2.75, 3.05) is 11.9 Å². The lowest BCUT2D eigenvalue weighted by Gasteiger charge is -2.07. The molecule has 0 N–H and O–H groups in total. The van der Waals surface area contributed by atoms with E-state index in [1.807, 2.05) is 0 Å². The monoisotopic (exact) mass is 261 g/mol. The number of alkyl halides is 1. The van der Waals surface area contributed by atoms with Crippen molar-refractivity contribution in [3.8, 4) is 0 Å². The van der Waals surface area contributed by atoms with Crippen molar-refractivity contribution in [3.63, 3.8) is 0 Å². The summed E-state index contributed by atoms with van der Waals surface area (Å²) in [5.41, 5.74) is 0. The zero-order chi connectivity index (χ0) is 10.2. The van der Waals surface area contributed by atoms with Gasteiger partial charge in [-0.25, -0.2) is 0 Å². The van der Waals surface area contributed by atoms with E-state index in [2.05, 4.69) is 27.8 Å². The Labute approximate surface area is 95.3 Å². The van der Waals surface area contributed by atoms with Gasteiger partial charge in [-0.15, -0.1) is 0 Å². The second-order valence-electron chi connectivity index (χ2n) is 3.79. The Morgan fingerprint density at radius 1 is 1.36 bits per heavy atom. The summed E-state index contributed by atoms with van der Waals surface area (Å²) in [6.45, 7) is 3.08. The third kappa shape index (κ3) is 4.45. The van der Waals surface area contributed by atoms with Crippen LogP contribution in [0.3, 0.4) is 0 Å². The Morgan fingerprint density at radius 3 is 2.79 bits per heavy atom. The topological polar surface area (TPSA) is 21.6 Å². The maximum Gasteiger partial charge on any atom is 0.183 e. The molecule has 0 bridgehead atoms. The maximum absolute atomic E-state index is 5.62. The molecule has 0 aromatic carbocycles. The summed E-state index contributed by atoms with van der Waals surface area (Å²) >= 11 is 3.41. The van der Waals surface area contributed by atoms with Crippen LogP contribution in [-0.4, -0.2) is 23.9 Å². The molecule has 14 heavy (non-hydrogen) atoms. The van der Waals surface area contributed by atoms with Crippen LogP contribution in [0.5, 0.6) is 0 Å². The number of nitrogens with zero attached hydrogens (tertiary/aromatic N) is 1. The van der Waals surface area contributed by atoms with Crippen molar-refractivity contribution in [1.29, 1.82) is 0 Å². The zero-order valence-electron chi connectivity index (χ0n) is 8.97. The molecule has 0 aromatic heterocycles. The first-order valence-corrected chi connectivity index (χ1v) is 6.75. The smallest absolute Gasteiger partial charge is 0.183 e. The van der Waals surface area contributed by atoms with Gasteiger partial charge in [0.05, 0.1) is 6.54 Å². The fraction of sp³-hybridized carbons (Fsp3) is 0.909. The van der Waals surface area contributed by atoms with E-state index in [4.69, 9.17) is 4.74 Å². The summed E-state index contributed by atoms with van der Waals surface area (Å²) in [7, 11) is 0. The van der Waals surface area contributed by atoms with Gasteiger partial charge in [0.1, 0.15) is 6.10 Å². The van der Waals surface area contributed by atoms with Gasteiger partial charge in [0.15, 0.2) is 5.90 Å². The zero-order valence-corrected chi connectivity index (χ0v) is 10.6. The average molecular weight is 262 g/mol. The molecule has 0 radical (unpaired) electrons. The molecule has 1 unspecified atom stereocenters. The maximum atomic E-state index is 5.62. The number of halogens is 1. The first kappa shape index (κ1) is 12.0. The number of hydrogen-bond acceptors (Lipinski definition) is 2. The number of unbranched alkanes of at least 4 members (excludes halogenated alkanes) is 4. The predicted molar refractivity (Wildman–Crippen MR) is 64.3 cm³/mol. The van der Waals surface area contributed by atoms with E-state index in [0.717, 1.165) is 24.2 Å². The number of hydrogen-bond donors (Lipinski definition) is 0. The van der Waals surface area contributed by atoms with Crippen LogP contribution in [0, 0.1) is 0 Å². The van der Waals surface area contributed by atoms with E-state index in [9.17, 15) is 0 Å². The normalized spacial score (nSPS) is 20.7. The second kappa shape index (κ2) is 7.27. The number of rotatable bonds is 7. The van der Waals surface area contributed by atoms with Crippen LogP contribution in [0.15, 0.2) is 4.99 Å². The van der Waals surface area contributed by atoms with Gasteiger partial charge in [-0.1, -0.05) is 48.5 Å². The molecule has 1 aliphatic rings. The van der Waals surface area contributed by atoms with Crippen LogP contribution in [0.2, 0.25) is 0 Å². The summed E-state index contributed by atoms with van der Waals surface area (Å²) in [6, 6.07) is 0. The minimum atomic E-state index is 0.292. The summed E-state index contributed by atoms with van der Waals surface area (Å²) < 4.78 is 5.62. The van der Waals surface area contributed by atoms with Gasteiger partial charge in [-0.05, 0) is 6.42 Å². The van der Waals surface area contributed by atoms with Crippen molar-refractivity contribution in [3.05, 3.63) is 0 Å². The summed E-state index contributed by atoms with van der Waals surface area (Å²) in [5, 5.41) is 0.899. The van der Waals surface area contributed by atoms with Gasteiger partial charge in [0.2, 0.25) is 0 Å². The van der Waals surface area contributed by atoms with Crippen LogP contribution >= 0.6 is 15.9 Å². The Kier molecular flexibility index (Phi) is 6.24. The highest BCUT2D eigenvalue weighted by molar-refractivity contribution is 9.09. The van der Waals surface area contributed by atoms with Gasteiger partial charge in [0.25, 0.3) is 0 Å². The molecule has 3 heteroatoms.